The highest BCUT2D eigenvalue weighted by Gasteiger charge is 2.34. The fourth-order valence-electron chi connectivity index (χ4n) is 5.18. The van der Waals surface area contributed by atoms with E-state index in [0.29, 0.717) is 0 Å². The lowest BCUT2D eigenvalue weighted by atomic mass is 9.88. The number of nitrogens with one attached hydrogen (secondary N) is 4. The molecule has 2 rings (SSSR count). The van der Waals surface area contributed by atoms with Crippen LogP contribution in [0.1, 0.15) is 59.1 Å². The van der Waals surface area contributed by atoms with Crippen molar-refractivity contribution in [2.24, 2.45) is 23.5 Å². The van der Waals surface area contributed by atoms with Crippen LogP contribution in [0, 0.1) is 17.8 Å². The van der Waals surface area contributed by atoms with Crippen LogP contribution in [0.2, 0.25) is 0 Å². The summed E-state index contributed by atoms with van der Waals surface area (Å²) in [4.78, 5) is 65.0. The number of nitrogens with two attached hydrogens (primary N) is 1. The van der Waals surface area contributed by atoms with Crippen molar-refractivity contribution < 1.29 is 33.8 Å². The highest BCUT2D eigenvalue weighted by Crippen LogP contribution is 2.20. The van der Waals surface area contributed by atoms with Crippen molar-refractivity contribution in [3.05, 3.63) is 71.8 Å². The number of aliphatic hydroxyl groups is 1. The minimum atomic E-state index is -1.19. The van der Waals surface area contributed by atoms with Gasteiger partial charge in [0.15, 0.2) is 0 Å². The third kappa shape index (κ3) is 12.7. The summed E-state index contributed by atoms with van der Waals surface area (Å²) in [6.07, 6.45) is -0.745. The van der Waals surface area contributed by atoms with E-state index in [4.69, 9.17) is 10.5 Å². The van der Waals surface area contributed by atoms with E-state index in [0.717, 1.165) is 11.1 Å². The van der Waals surface area contributed by atoms with Gasteiger partial charge >= 0.3 is 5.97 Å². The third-order valence-corrected chi connectivity index (χ3v) is 8.14. The minimum absolute atomic E-state index is 0.0533. The maximum absolute atomic E-state index is 14.0. The van der Waals surface area contributed by atoms with Gasteiger partial charge in [-0.25, -0.2) is 4.79 Å². The van der Waals surface area contributed by atoms with Crippen LogP contribution in [0.4, 0.5) is 0 Å². The highest BCUT2D eigenvalue weighted by atomic mass is 16.5. The van der Waals surface area contributed by atoms with E-state index >= 15 is 0 Å². The smallest absolute Gasteiger partial charge is 0.328 e. The third-order valence-electron chi connectivity index (χ3n) is 8.14. The average Bonchev–Trinajstić information content (AvgIpc) is 3.05. The largest absolute Gasteiger partial charge is 0.467 e. The number of ether oxygens (including phenoxy) is 1. The van der Waals surface area contributed by atoms with Gasteiger partial charge in [-0.1, -0.05) is 88.4 Å². The fraction of sp³-hybridized carbons (Fsp3) is 0.528. The first-order valence-electron chi connectivity index (χ1n) is 16.4. The molecule has 0 aliphatic carbocycles. The minimum Gasteiger partial charge on any atom is -0.467 e. The quantitative estimate of drug-likeness (QED) is 0.129. The van der Waals surface area contributed by atoms with Crippen molar-refractivity contribution in [2.75, 3.05) is 7.11 Å². The van der Waals surface area contributed by atoms with Gasteiger partial charge in [0, 0.05) is 5.92 Å². The Morgan fingerprint density at radius 3 is 1.65 bits per heavy atom. The van der Waals surface area contributed by atoms with Crippen LogP contribution in [0.15, 0.2) is 60.7 Å². The Balaban J connectivity index is 2.36. The molecule has 48 heavy (non-hydrogen) atoms. The zero-order valence-corrected chi connectivity index (χ0v) is 29.1. The molecule has 7 atom stereocenters. The van der Waals surface area contributed by atoms with E-state index in [-0.39, 0.29) is 31.1 Å². The van der Waals surface area contributed by atoms with E-state index < -0.39 is 71.8 Å². The maximum Gasteiger partial charge on any atom is 0.328 e. The van der Waals surface area contributed by atoms with Crippen molar-refractivity contribution in [3.8, 4) is 0 Å². The predicted octanol–water partition coefficient (Wildman–Crippen LogP) is 1.63. The number of hydrogen-bond acceptors (Lipinski definition) is 8. The molecule has 0 aliphatic rings. The maximum atomic E-state index is 14.0. The normalized spacial score (nSPS) is 15.6. The summed E-state index contributed by atoms with van der Waals surface area (Å²) in [6.45, 7) is 10.2. The first-order valence-corrected chi connectivity index (χ1v) is 16.4. The second-order valence-electron chi connectivity index (χ2n) is 13.0. The number of methoxy groups -OCH3 is 1. The number of aliphatic hydroxyl groups excluding tert-OH is 1. The highest BCUT2D eigenvalue weighted by molar-refractivity contribution is 5.92. The van der Waals surface area contributed by atoms with Gasteiger partial charge in [-0.15, -0.1) is 0 Å². The van der Waals surface area contributed by atoms with Crippen LogP contribution in [0.3, 0.4) is 0 Å². The second kappa shape index (κ2) is 19.5. The summed E-state index contributed by atoms with van der Waals surface area (Å²) < 4.78 is 4.86. The number of carbonyl (C=O) groups is 5. The molecule has 7 unspecified atom stereocenters. The fourth-order valence-corrected chi connectivity index (χ4v) is 5.18. The Hall–Kier alpha value is -4.29. The lowest BCUT2D eigenvalue weighted by Crippen LogP contribution is -2.56. The molecule has 2 aromatic rings. The lowest BCUT2D eigenvalue weighted by Gasteiger charge is -2.30. The zero-order chi connectivity index (χ0) is 36.0. The average molecular weight is 668 g/mol. The molecule has 264 valence electrons. The van der Waals surface area contributed by atoms with Gasteiger partial charge in [0.05, 0.1) is 25.3 Å². The van der Waals surface area contributed by atoms with Gasteiger partial charge < -0.3 is 36.8 Å². The molecule has 12 heteroatoms. The van der Waals surface area contributed by atoms with Crippen LogP contribution in [0.5, 0.6) is 0 Å². The van der Waals surface area contributed by atoms with Crippen molar-refractivity contribution >= 4 is 29.6 Å². The lowest BCUT2D eigenvalue weighted by molar-refractivity contribution is -0.147. The topological polar surface area (TPSA) is 189 Å². The Morgan fingerprint density at radius 1 is 0.667 bits per heavy atom. The number of rotatable bonds is 18. The van der Waals surface area contributed by atoms with Crippen LogP contribution in [-0.4, -0.2) is 78.1 Å². The Labute approximate surface area is 284 Å². The van der Waals surface area contributed by atoms with Gasteiger partial charge in [-0.2, -0.15) is 0 Å². The second-order valence-corrected chi connectivity index (χ2v) is 13.0. The van der Waals surface area contributed by atoms with Crippen molar-refractivity contribution in [2.45, 2.75) is 97.1 Å². The summed E-state index contributed by atoms with van der Waals surface area (Å²) in [7, 11) is 1.25. The molecule has 0 spiro atoms. The van der Waals surface area contributed by atoms with Gasteiger partial charge in [0.25, 0.3) is 0 Å². The van der Waals surface area contributed by atoms with Crippen LogP contribution in [-0.2, 0) is 41.6 Å². The Bertz CT molecular complexity index is 1340. The summed E-state index contributed by atoms with van der Waals surface area (Å²) >= 11 is 0. The van der Waals surface area contributed by atoms with Crippen molar-refractivity contribution in [1.29, 1.82) is 0 Å². The first kappa shape index (κ1) is 39.9. The Kier molecular flexibility index (Phi) is 16.2. The number of amides is 4. The summed E-state index contributed by atoms with van der Waals surface area (Å²) in [5, 5.41) is 22.7. The summed E-state index contributed by atoms with van der Waals surface area (Å²) in [5.41, 5.74) is 7.33. The molecule has 2 aromatic carbocycles. The van der Waals surface area contributed by atoms with E-state index in [2.05, 4.69) is 21.3 Å². The van der Waals surface area contributed by atoms with Crippen LogP contribution >= 0.6 is 0 Å². The molecule has 0 heterocycles. The Morgan fingerprint density at radius 2 is 1.17 bits per heavy atom. The molecule has 0 saturated carbocycles. The van der Waals surface area contributed by atoms with E-state index in [1.54, 1.807) is 27.7 Å². The SMILES string of the molecule is COC(=O)C(NC(=O)C(NC(=O)C(Cc1ccccc1)CC(O)C(Cc1ccccc1)NC(=O)C(C)NC(=O)C(C)N)C(C)C)C(C)C. The predicted molar refractivity (Wildman–Crippen MR) is 183 cm³/mol. The standard InChI is InChI=1S/C36H53N5O7/c1-21(2)30(35(46)41-31(22(3)4)36(47)48-7)40-34(45)27(18-25-14-10-8-11-15-25)20-29(42)28(19-26-16-12-9-13-17-26)39-33(44)24(6)38-32(43)23(5)37/h8-17,21-24,27-31,42H,18-20,37H2,1-7H3,(H,38,43)(H,39,44)(H,40,45)(H,41,46). The number of hydrogen-bond donors (Lipinski definition) is 6. The molecule has 0 saturated heterocycles. The number of benzene rings is 2. The number of esters is 1. The van der Waals surface area contributed by atoms with Gasteiger partial charge in [-0.3, -0.25) is 19.2 Å². The zero-order valence-electron chi connectivity index (χ0n) is 29.1. The molecule has 0 fully saturated rings. The summed E-state index contributed by atoms with van der Waals surface area (Å²) in [5.74, 6) is -3.98. The monoisotopic (exact) mass is 667 g/mol. The summed E-state index contributed by atoms with van der Waals surface area (Å²) in [6, 6.07) is 14.1. The molecular weight excluding hydrogens is 614 g/mol. The molecule has 0 aromatic heterocycles. The molecule has 12 nitrogen and oxygen atoms in total. The van der Waals surface area contributed by atoms with Crippen LogP contribution in [0.25, 0.3) is 0 Å². The van der Waals surface area contributed by atoms with Gasteiger partial charge in [0.1, 0.15) is 18.1 Å². The molecule has 0 aliphatic heterocycles. The van der Waals surface area contributed by atoms with E-state index in [1.165, 1.54) is 21.0 Å². The van der Waals surface area contributed by atoms with Gasteiger partial charge in [0.2, 0.25) is 23.6 Å². The molecular formula is C36H53N5O7. The molecule has 7 N–H and O–H groups in total. The van der Waals surface area contributed by atoms with Crippen molar-refractivity contribution in [1.82, 2.24) is 21.3 Å². The van der Waals surface area contributed by atoms with Crippen LogP contribution < -0.4 is 27.0 Å². The molecule has 0 radical (unpaired) electrons. The molecule has 0 bridgehead atoms. The molecule has 4 amide bonds. The van der Waals surface area contributed by atoms with E-state index in [9.17, 15) is 29.1 Å². The first-order chi connectivity index (χ1) is 22.6. The van der Waals surface area contributed by atoms with Crippen molar-refractivity contribution in [3.63, 3.8) is 0 Å². The number of carbonyl (C=O) groups excluding carboxylic acids is 5. The van der Waals surface area contributed by atoms with Gasteiger partial charge in [-0.05, 0) is 56.1 Å². The van der Waals surface area contributed by atoms with E-state index in [1.807, 2.05) is 60.7 Å².